The third-order valence-corrected chi connectivity index (χ3v) is 7.24. The van der Waals surface area contributed by atoms with Gasteiger partial charge in [0.1, 0.15) is 0 Å². The third kappa shape index (κ3) is 3.77. The average Bonchev–Trinajstić information content (AvgIpc) is 3.28. The van der Waals surface area contributed by atoms with Crippen molar-refractivity contribution in [2.75, 3.05) is 0 Å². The number of rotatable bonds is 3. The molecule has 0 spiro atoms. The van der Waals surface area contributed by atoms with E-state index in [4.69, 9.17) is 15.8 Å². The Morgan fingerprint density at radius 3 is 2.28 bits per heavy atom. The van der Waals surface area contributed by atoms with Gasteiger partial charge < -0.3 is 10.8 Å². The van der Waals surface area contributed by atoms with Crippen LogP contribution in [0.2, 0.25) is 0 Å². The molecule has 36 heavy (non-hydrogen) atoms. The predicted molar refractivity (Wildman–Crippen MR) is 144 cm³/mol. The molecule has 1 aliphatic carbocycles. The van der Waals surface area contributed by atoms with Gasteiger partial charge in [0.25, 0.3) is 0 Å². The van der Waals surface area contributed by atoms with Crippen molar-refractivity contribution in [2.45, 2.75) is 57.1 Å². The molecular weight excluding hydrogens is 446 g/mol. The minimum Gasteiger partial charge on any atom is -0.390 e. The number of aliphatic hydroxyl groups is 1. The van der Waals surface area contributed by atoms with Crippen molar-refractivity contribution in [1.29, 1.82) is 0 Å². The van der Waals surface area contributed by atoms with Gasteiger partial charge in [0.2, 0.25) is 0 Å². The summed E-state index contributed by atoms with van der Waals surface area (Å²) in [5.41, 5.74) is 12.9. The zero-order chi connectivity index (χ0) is 25.3. The SMILES string of the molecule is CC(C)(C)c1cc2ncc3cc(-c4ccccc4)c(-c4ccc([C@]5(N)C[C@@](C)(O)C5)cc4)nc3n2n1. The summed E-state index contributed by atoms with van der Waals surface area (Å²) in [4.78, 5) is 9.86. The Hall–Kier alpha value is -3.61. The molecule has 6 heteroatoms. The Kier molecular flexibility index (Phi) is 4.88. The van der Waals surface area contributed by atoms with Crippen LogP contribution in [0.1, 0.15) is 51.8 Å². The fraction of sp³-hybridized carbons (Fsp3) is 0.300. The lowest BCUT2D eigenvalue weighted by atomic mass is 9.63. The first-order chi connectivity index (χ1) is 17.0. The lowest BCUT2D eigenvalue weighted by Gasteiger charge is -2.49. The Bertz CT molecular complexity index is 1590. The number of pyridine rings is 1. The molecular formula is C30H31N5O. The maximum absolute atomic E-state index is 10.2. The number of hydrogen-bond acceptors (Lipinski definition) is 5. The highest BCUT2D eigenvalue weighted by Crippen LogP contribution is 2.46. The van der Waals surface area contributed by atoms with E-state index in [1.165, 1.54) is 0 Å². The van der Waals surface area contributed by atoms with Gasteiger partial charge in [-0.2, -0.15) is 9.61 Å². The molecule has 1 aliphatic rings. The van der Waals surface area contributed by atoms with Gasteiger partial charge in [-0.05, 0) is 37.0 Å². The van der Waals surface area contributed by atoms with Crippen LogP contribution < -0.4 is 5.73 Å². The molecule has 0 bridgehead atoms. The normalized spacial score (nSPS) is 22.2. The molecule has 0 atom stereocenters. The van der Waals surface area contributed by atoms with E-state index in [9.17, 15) is 5.11 Å². The summed E-state index contributed by atoms with van der Waals surface area (Å²) >= 11 is 0. The number of nitrogens with two attached hydrogens (primary N) is 1. The third-order valence-electron chi connectivity index (χ3n) is 7.24. The van der Waals surface area contributed by atoms with Gasteiger partial charge in [0.05, 0.1) is 17.0 Å². The molecule has 3 heterocycles. The van der Waals surface area contributed by atoms with E-state index in [1.807, 2.05) is 41.9 Å². The summed E-state index contributed by atoms with van der Waals surface area (Å²) in [6.07, 6.45) is 3.00. The van der Waals surface area contributed by atoms with Crippen molar-refractivity contribution in [3.63, 3.8) is 0 Å². The molecule has 0 amide bonds. The number of fused-ring (bicyclic) bond motifs is 3. The molecule has 3 N–H and O–H groups in total. The molecule has 0 radical (unpaired) electrons. The van der Waals surface area contributed by atoms with E-state index in [2.05, 4.69) is 68.2 Å². The average molecular weight is 478 g/mol. The van der Waals surface area contributed by atoms with Crippen LogP contribution in [-0.2, 0) is 11.0 Å². The summed E-state index contributed by atoms with van der Waals surface area (Å²) in [5, 5.41) is 16.1. The fourth-order valence-corrected chi connectivity index (χ4v) is 5.43. The summed E-state index contributed by atoms with van der Waals surface area (Å²) in [6.45, 7) is 8.29. The highest BCUT2D eigenvalue weighted by atomic mass is 16.3. The predicted octanol–water partition coefficient (Wildman–Crippen LogP) is 5.61. The summed E-state index contributed by atoms with van der Waals surface area (Å²) < 4.78 is 1.86. The molecule has 6 rings (SSSR count). The van der Waals surface area contributed by atoms with Gasteiger partial charge >= 0.3 is 0 Å². The minimum absolute atomic E-state index is 0.0903. The van der Waals surface area contributed by atoms with Crippen LogP contribution in [0, 0.1) is 0 Å². The van der Waals surface area contributed by atoms with E-state index >= 15 is 0 Å². The van der Waals surface area contributed by atoms with E-state index in [1.54, 1.807) is 0 Å². The van der Waals surface area contributed by atoms with Crippen molar-refractivity contribution in [1.82, 2.24) is 19.6 Å². The van der Waals surface area contributed by atoms with Gasteiger partial charge in [-0.3, -0.25) is 0 Å². The summed E-state index contributed by atoms with van der Waals surface area (Å²) in [5.74, 6) is 0. The molecule has 6 nitrogen and oxygen atoms in total. The Morgan fingerprint density at radius 2 is 1.64 bits per heavy atom. The zero-order valence-electron chi connectivity index (χ0n) is 21.2. The lowest BCUT2D eigenvalue weighted by molar-refractivity contribution is -0.0738. The second-order valence-corrected chi connectivity index (χ2v) is 11.6. The second-order valence-electron chi connectivity index (χ2n) is 11.6. The van der Waals surface area contributed by atoms with Crippen molar-refractivity contribution < 1.29 is 5.11 Å². The molecule has 0 unspecified atom stereocenters. The monoisotopic (exact) mass is 477 g/mol. The first kappa shape index (κ1) is 22.8. The Balaban J connectivity index is 1.53. The van der Waals surface area contributed by atoms with Crippen LogP contribution in [0.4, 0.5) is 0 Å². The summed E-state index contributed by atoms with van der Waals surface area (Å²) in [7, 11) is 0. The Morgan fingerprint density at radius 1 is 0.944 bits per heavy atom. The van der Waals surface area contributed by atoms with Gasteiger partial charge in [-0.15, -0.1) is 0 Å². The molecule has 3 aromatic heterocycles. The molecule has 2 aromatic carbocycles. The highest BCUT2D eigenvalue weighted by molar-refractivity contribution is 5.90. The number of nitrogens with zero attached hydrogens (tertiary/aromatic N) is 4. The van der Waals surface area contributed by atoms with Gasteiger partial charge in [0.15, 0.2) is 11.3 Å². The van der Waals surface area contributed by atoms with E-state index in [-0.39, 0.29) is 5.41 Å². The van der Waals surface area contributed by atoms with Crippen LogP contribution in [0.5, 0.6) is 0 Å². The maximum atomic E-state index is 10.2. The standard InChI is InChI=1S/C30H31N5O/c1-28(2,3)24-15-25-32-16-21-14-23(19-8-6-5-7-9-19)26(33-27(21)35(25)34-24)20-10-12-22(13-11-20)30(31)17-29(4,36)18-30/h5-16,36H,17-18,31H2,1-4H3/t29-,30+. The van der Waals surface area contributed by atoms with Crippen LogP contribution in [-0.4, -0.2) is 30.3 Å². The molecule has 0 saturated heterocycles. The first-order valence-corrected chi connectivity index (χ1v) is 12.4. The minimum atomic E-state index is -0.692. The van der Waals surface area contributed by atoms with Crippen molar-refractivity contribution >= 4 is 16.7 Å². The smallest absolute Gasteiger partial charge is 0.165 e. The van der Waals surface area contributed by atoms with Crippen LogP contribution in [0.15, 0.2) is 72.9 Å². The largest absolute Gasteiger partial charge is 0.390 e. The molecule has 1 saturated carbocycles. The van der Waals surface area contributed by atoms with Crippen LogP contribution in [0.25, 0.3) is 39.1 Å². The number of benzene rings is 2. The van der Waals surface area contributed by atoms with Gasteiger partial charge in [-0.1, -0.05) is 75.4 Å². The first-order valence-electron chi connectivity index (χ1n) is 12.4. The highest BCUT2D eigenvalue weighted by Gasteiger charge is 2.49. The van der Waals surface area contributed by atoms with Crippen molar-refractivity contribution in [2.24, 2.45) is 5.73 Å². The maximum Gasteiger partial charge on any atom is 0.165 e. The number of aromatic nitrogens is 4. The van der Waals surface area contributed by atoms with E-state index in [0.717, 1.165) is 50.3 Å². The van der Waals surface area contributed by atoms with E-state index < -0.39 is 11.1 Å². The Labute approximate surface area is 210 Å². The quantitative estimate of drug-likeness (QED) is 0.353. The lowest BCUT2D eigenvalue weighted by Crippen LogP contribution is -2.58. The van der Waals surface area contributed by atoms with Gasteiger partial charge in [-0.25, -0.2) is 9.97 Å². The molecule has 0 aliphatic heterocycles. The summed E-state index contributed by atoms with van der Waals surface area (Å²) in [6, 6.07) is 22.8. The number of hydrogen-bond donors (Lipinski definition) is 2. The molecule has 182 valence electrons. The topological polar surface area (TPSA) is 89.3 Å². The fourth-order valence-electron chi connectivity index (χ4n) is 5.43. The molecule has 1 fully saturated rings. The van der Waals surface area contributed by atoms with Crippen molar-refractivity contribution in [3.8, 4) is 22.4 Å². The van der Waals surface area contributed by atoms with Gasteiger partial charge in [0, 0.05) is 39.7 Å². The molecule has 5 aromatic rings. The second kappa shape index (κ2) is 7.69. The van der Waals surface area contributed by atoms with E-state index in [0.29, 0.717) is 12.8 Å². The van der Waals surface area contributed by atoms with Crippen LogP contribution >= 0.6 is 0 Å². The zero-order valence-corrected chi connectivity index (χ0v) is 21.2. The van der Waals surface area contributed by atoms with Crippen molar-refractivity contribution in [3.05, 3.63) is 84.2 Å². The van der Waals surface area contributed by atoms with Crippen LogP contribution in [0.3, 0.4) is 0 Å².